The molecule has 3 N–H and O–H groups in total. The highest BCUT2D eigenvalue weighted by molar-refractivity contribution is 5.87. The van der Waals surface area contributed by atoms with Gasteiger partial charge in [-0.15, -0.1) is 0 Å². The number of carbonyl (C=O) groups excluding carboxylic acids is 2. The molecule has 0 radical (unpaired) electrons. The van der Waals surface area contributed by atoms with Crippen LogP contribution in [0.2, 0.25) is 0 Å². The van der Waals surface area contributed by atoms with Gasteiger partial charge in [0.05, 0.1) is 5.54 Å². The number of nitrogens with two attached hydrogens (primary N) is 1. The minimum atomic E-state index is -0.656. The van der Waals surface area contributed by atoms with Crippen LogP contribution in [-0.2, 0) is 9.59 Å². The van der Waals surface area contributed by atoms with Crippen molar-refractivity contribution in [3.63, 3.8) is 0 Å². The number of hydrogen-bond acceptors (Lipinski definition) is 3. The molecule has 2 fully saturated rings. The molecule has 0 aromatic heterocycles. The molecule has 5 nitrogen and oxygen atoms in total. The first-order valence-corrected chi connectivity index (χ1v) is 6.47. The van der Waals surface area contributed by atoms with Crippen LogP contribution in [0.3, 0.4) is 0 Å². The Bertz CT molecular complexity index is 307. The Kier molecular flexibility index (Phi) is 3.66. The summed E-state index contributed by atoms with van der Waals surface area (Å²) in [7, 11) is 0. The van der Waals surface area contributed by atoms with Crippen molar-refractivity contribution in [1.29, 1.82) is 0 Å². The smallest absolute Gasteiger partial charge is 0.240 e. The molecule has 0 bridgehead atoms. The molecule has 0 spiro atoms. The van der Waals surface area contributed by atoms with Crippen molar-refractivity contribution in [1.82, 2.24) is 10.2 Å². The summed E-state index contributed by atoms with van der Waals surface area (Å²) in [5, 5.41) is 2.77. The Balaban J connectivity index is 1.65. The Morgan fingerprint density at radius 2 is 1.82 bits per heavy atom. The minimum Gasteiger partial charge on any atom is -0.354 e. The monoisotopic (exact) mass is 239 g/mol. The predicted octanol–water partition coefficient (Wildman–Crippen LogP) is -0.00350. The number of nitrogens with zero attached hydrogens (tertiary/aromatic N) is 1. The summed E-state index contributed by atoms with van der Waals surface area (Å²) < 4.78 is 0. The second-order valence-corrected chi connectivity index (χ2v) is 5.10. The number of rotatable bonds is 4. The molecule has 2 aliphatic rings. The standard InChI is InChI=1S/C12H21N3O2/c13-12(5-3-6-12)11(17)14-7-4-10(16)15-8-1-2-9-15/h1-9,13H2,(H,14,17). The van der Waals surface area contributed by atoms with Crippen LogP contribution in [0.5, 0.6) is 0 Å². The molecular weight excluding hydrogens is 218 g/mol. The molecule has 2 rings (SSSR count). The second kappa shape index (κ2) is 5.04. The van der Waals surface area contributed by atoms with Gasteiger partial charge in [0.25, 0.3) is 0 Å². The molecule has 1 aliphatic carbocycles. The van der Waals surface area contributed by atoms with Crippen LogP contribution >= 0.6 is 0 Å². The summed E-state index contributed by atoms with van der Waals surface area (Å²) in [5.74, 6) is 0.0421. The van der Waals surface area contributed by atoms with Crippen LogP contribution < -0.4 is 11.1 Å². The molecular formula is C12H21N3O2. The number of nitrogens with one attached hydrogen (secondary N) is 1. The van der Waals surface area contributed by atoms with Gasteiger partial charge in [0, 0.05) is 26.1 Å². The third kappa shape index (κ3) is 2.77. The van der Waals surface area contributed by atoms with Gasteiger partial charge in [0.2, 0.25) is 11.8 Å². The third-order valence-corrected chi connectivity index (χ3v) is 3.78. The van der Waals surface area contributed by atoms with Gasteiger partial charge in [0.1, 0.15) is 0 Å². The Morgan fingerprint density at radius 1 is 1.18 bits per heavy atom. The van der Waals surface area contributed by atoms with Crippen LogP contribution in [0.25, 0.3) is 0 Å². The van der Waals surface area contributed by atoms with E-state index in [1.54, 1.807) is 0 Å². The topological polar surface area (TPSA) is 75.4 Å². The summed E-state index contributed by atoms with van der Waals surface area (Å²) in [5.41, 5.74) is 5.22. The van der Waals surface area contributed by atoms with Crippen LogP contribution in [-0.4, -0.2) is 41.9 Å². The van der Waals surface area contributed by atoms with Crippen molar-refractivity contribution < 1.29 is 9.59 Å². The van der Waals surface area contributed by atoms with Crippen molar-refractivity contribution in [2.75, 3.05) is 19.6 Å². The van der Waals surface area contributed by atoms with Crippen molar-refractivity contribution in [3.8, 4) is 0 Å². The first-order chi connectivity index (χ1) is 8.12. The van der Waals surface area contributed by atoms with Gasteiger partial charge in [-0.05, 0) is 32.1 Å². The van der Waals surface area contributed by atoms with E-state index < -0.39 is 5.54 Å². The zero-order valence-corrected chi connectivity index (χ0v) is 10.2. The molecule has 1 aliphatic heterocycles. The van der Waals surface area contributed by atoms with Gasteiger partial charge in [-0.25, -0.2) is 0 Å². The SMILES string of the molecule is NC1(C(=O)NCCC(=O)N2CCCC2)CCC1. The fourth-order valence-electron chi connectivity index (χ4n) is 2.37. The van der Waals surface area contributed by atoms with E-state index in [0.717, 1.165) is 45.2 Å². The van der Waals surface area contributed by atoms with E-state index in [1.165, 1.54) is 0 Å². The number of likely N-dealkylation sites (tertiary alicyclic amines) is 1. The maximum atomic E-state index is 11.7. The summed E-state index contributed by atoms with van der Waals surface area (Å²) in [6, 6.07) is 0. The molecule has 96 valence electrons. The highest BCUT2D eigenvalue weighted by Gasteiger charge is 2.39. The zero-order chi connectivity index (χ0) is 12.3. The summed E-state index contributed by atoms with van der Waals surface area (Å²) in [6.45, 7) is 2.15. The molecule has 5 heteroatoms. The highest BCUT2D eigenvalue weighted by Crippen LogP contribution is 2.28. The lowest BCUT2D eigenvalue weighted by Crippen LogP contribution is -2.58. The fourth-order valence-corrected chi connectivity index (χ4v) is 2.37. The lowest BCUT2D eigenvalue weighted by molar-refractivity contribution is -0.131. The van der Waals surface area contributed by atoms with Gasteiger partial charge >= 0.3 is 0 Å². The number of amides is 2. The van der Waals surface area contributed by atoms with Crippen LogP contribution in [0.15, 0.2) is 0 Å². The van der Waals surface area contributed by atoms with Gasteiger partial charge in [-0.1, -0.05) is 0 Å². The van der Waals surface area contributed by atoms with Gasteiger partial charge < -0.3 is 16.0 Å². The van der Waals surface area contributed by atoms with E-state index in [4.69, 9.17) is 5.73 Å². The average molecular weight is 239 g/mol. The van der Waals surface area contributed by atoms with Crippen LogP contribution in [0.4, 0.5) is 0 Å². The largest absolute Gasteiger partial charge is 0.354 e. The quantitative estimate of drug-likeness (QED) is 0.725. The molecule has 1 saturated heterocycles. The molecule has 17 heavy (non-hydrogen) atoms. The van der Waals surface area contributed by atoms with E-state index in [2.05, 4.69) is 5.32 Å². The third-order valence-electron chi connectivity index (χ3n) is 3.78. The minimum absolute atomic E-state index is 0.0991. The highest BCUT2D eigenvalue weighted by atomic mass is 16.2. The first-order valence-electron chi connectivity index (χ1n) is 6.47. The van der Waals surface area contributed by atoms with Crippen molar-refractivity contribution in [2.45, 2.75) is 44.1 Å². The maximum Gasteiger partial charge on any atom is 0.240 e. The van der Waals surface area contributed by atoms with E-state index in [9.17, 15) is 9.59 Å². The molecule has 1 saturated carbocycles. The molecule has 0 aromatic rings. The van der Waals surface area contributed by atoms with E-state index in [1.807, 2.05) is 4.90 Å². The zero-order valence-electron chi connectivity index (χ0n) is 10.2. The predicted molar refractivity (Wildman–Crippen MR) is 64.2 cm³/mol. The summed E-state index contributed by atoms with van der Waals surface area (Å²) in [6.07, 6.45) is 5.14. The van der Waals surface area contributed by atoms with E-state index in [-0.39, 0.29) is 11.8 Å². The molecule has 0 unspecified atom stereocenters. The van der Waals surface area contributed by atoms with Crippen molar-refractivity contribution in [2.24, 2.45) is 5.73 Å². The van der Waals surface area contributed by atoms with Gasteiger partial charge in [0.15, 0.2) is 0 Å². The normalized spacial score (nSPS) is 22.1. The van der Waals surface area contributed by atoms with E-state index >= 15 is 0 Å². The first kappa shape index (κ1) is 12.4. The Hall–Kier alpha value is -1.10. The summed E-state index contributed by atoms with van der Waals surface area (Å²) >= 11 is 0. The number of carbonyl (C=O) groups is 2. The van der Waals surface area contributed by atoms with E-state index in [0.29, 0.717) is 13.0 Å². The van der Waals surface area contributed by atoms with Gasteiger partial charge in [-0.3, -0.25) is 9.59 Å². The lowest BCUT2D eigenvalue weighted by atomic mass is 9.77. The van der Waals surface area contributed by atoms with Crippen molar-refractivity contribution >= 4 is 11.8 Å². The Labute approximate surface area is 102 Å². The molecule has 2 amide bonds. The Morgan fingerprint density at radius 3 is 2.35 bits per heavy atom. The fraction of sp³-hybridized carbons (Fsp3) is 0.833. The van der Waals surface area contributed by atoms with Crippen LogP contribution in [0, 0.1) is 0 Å². The van der Waals surface area contributed by atoms with Crippen molar-refractivity contribution in [3.05, 3.63) is 0 Å². The van der Waals surface area contributed by atoms with Crippen LogP contribution in [0.1, 0.15) is 38.5 Å². The number of hydrogen-bond donors (Lipinski definition) is 2. The molecule has 0 aromatic carbocycles. The van der Waals surface area contributed by atoms with Gasteiger partial charge in [-0.2, -0.15) is 0 Å². The second-order valence-electron chi connectivity index (χ2n) is 5.10. The molecule has 0 atom stereocenters. The summed E-state index contributed by atoms with van der Waals surface area (Å²) in [4.78, 5) is 25.3. The lowest BCUT2D eigenvalue weighted by Gasteiger charge is -2.36. The average Bonchev–Trinajstić information content (AvgIpc) is 2.78. The molecule has 1 heterocycles. The maximum absolute atomic E-state index is 11.7.